The Morgan fingerprint density at radius 3 is 1.90 bits per heavy atom. The molecule has 12 rings (SSSR count). The highest BCUT2D eigenvalue weighted by Gasteiger charge is 2.36. The maximum Gasteiger partial charge on any atom is 0.136 e. The number of fused-ring (bicyclic) bond motifs is 9. The van der Waals surface area contributed by atoms with Crippen molar-refractivity contribution in [1.82, 2.24) is 4.57 Å². The van der Waals surface area contributed by atoms with Gasteiger partial charge in [-0.05, 0) is 118 Å². The third kappa shape index (κ3) is 5.22. The summed E-state index contributed by atoms with van der Waals surface area (Å²) in [5.74, 6) is 0. The summed E-state index contributed by atoms with van der Waals surface area (Å²) in [4.78, 5) is 2.43. The zero-order valence-corrected chi connectivity index (χ0v) is 33.4. The van der Waals surface area contributed by atoms with Crippen LogP contribution in [0.1, 0.15) is 25.0 Å². The van der Waals surface area contributed by atoms with Crippen LogP contribution in [0.15, 0.2) is 211 Å². The molecular formula is C57H40N2O. The predicted octanol–water partition coefficient (Wildman–Crippen LogP) is 15.8. The minimum absolute atomic E-state index is 0.133. The smallest absolute Gasteiger partial charge is 0.136 e. The molecule has 3 nitrogen and oxygen atoms in total. The third-order valence-corrected chi connectivity index (χ3v) is 12.8. The summed E-state index contributed by atoms with van der Waals surface area (Å²) in [5.41, 5.74) is 18.5. The van der Waals surface area contributed by atoms with E-state index in [1.807, 2.05) is 12.1 Å². The van der Waals surface area contributed by atoms with Crippen molar-refractivity contribution >= 4 is 60.8 Å². The Kier molecular flexibility index (Phi) is 7.58. The average molecular weight is 769 g/mol. The van der Waals surface area contributed by atoms with Gasteiger partial charge in [-0.3, -0.25) is 0 Å². The van der Waals surface area contributed by atoms with Crippen LogP contribution in [0.4, 0.5) is 17.1 Å². The van der Waals surface area contributed by atoms with Crippen LogP contribution in [0, 0.1) is 0 Å². The molecule has 0 saturated heterocycles. The van der Waals surface area contributed by atoms with Gasteiger partial charge in [-0.2, -0.15) is 0 Å². The molecule has 0 N–H and O–H groups in total. The first-order chi connectivity index (χ1) is 29.5. The molecule has 0 fully saturated rings. The molecule has 11 aromatic rings. The lowest BCUT2D eigenvalue weighted by Gasteiger charge is -2.30. The second-order valence-corrected chi connectivity index (χ2v) is 16.5. The van der Waals surface area contributed by atoms with Gasteiger partial charge in [-0.1, -0.05) is 141 Å². The molecule has 0 unspecified atom stereocenters. The Hall–Kier alpha value is -7.62. The van der Waals surface area contributed by atoms with Gasteiger partial charge in [0.05, 0.1) is 16.7 Å². The Morgan fingerprint density at radius 2 is 1.03 bits per heavy atom. The minimum atomic E-state index is -0.133. The van der Waals surface area contributed by atoms with E-state index in [2.05, 4.69) is 217 Å². The predicted molar refractivity (Wildman–Crippen MR) is 251 cm³/mol. The number of furan rings is 1. The number of para-hydroxylation sites is 4. The zero-order chi connectivity index (χ0) is 40.0. The fraction of sp³-hybridized carbons (Fsp3) is 0.0526. The summed E-state index contributed by atoms with van der Waals surface area (Å²) in [5, 5.41) is 4.76. The average Bonchev–Trinajstić information content (AvgIpc) is 3.92. The van der Waals surface area contributed by atoms with Crippen molar-refractivity contribution < 1.29 is 4.42 Å². The van der Waals surface area contributed by atoms with E-state index in [9.17, 15) is 0 Å². The molecule has 0 atom stereocenters. The SMILES string of the molecule is CC1(C)c2ccccc2-c2ccc(N(c3ccc(-c4ccc5c(c4)c4ccccc4n5-c4ccccc4)cc3)c3ccccc3-c3ccc4c(c3)oc3ccccc34)cc21. The molecule has 60 heavy (non-hydrogen) atoms. The summed E-state index contributed by atoms with van der Waals surface area (Å²) >= 11 is 0. The van der Waals surface area contributed by atoms with Gasteiger partial charge in [-0.15, -0.1) is 0 Å². The fourth-order valence-corrected chi connectivity index (χ4v) is 9.88. The lowest BCUT2D eigenvalue weighted by molar-refractivity contribution is 0.660. The second-order valence-electron chi connectivity index (χ2n) is 16.5. The minimum Gasteiger partial charge on any atom is -0.456 e. The molecule has 9 aromatic carbocycles. The maximum atomic E-state index is 6.40. The summed E-state index contributed by atoms with van der Waals surface area (Å²) in [6.07, 6.45) is 0. The zero-order valence-electron chi connectivity index (χ0n) is 33.4. The molecule has 0 bridgehead atoms. The number of aromatic nitrogens is 1. The van der Waals surface area contributed by atoms with Gasteiger partial charge in [0.15, 0.2) is 0 Å². The van der Waals surface area contributed by atoms with Crippen molar-refractivity contribution in [3.63, 3.8) is 0 Å². The number of hydrogen-bond donors (Lipinski definition) is 0. The van der Waals surface area contributed by atoms with Crippen molar-refractivity contribution in [3.8, 4) is 39.1 Å². The van der Waals surface area contributed by atoms with E-state index in [0.717, 1.165) is 55.8 Å². The van der Waals surface area contributed by atoms with Crippen LogP contribution in [-0.2, 0) is 5.41 Å². The molecular weight excluding hydrogens is 729 g/mol. The highest BCUT2D eigenvalue weighted by Crippen LogP contribution is 2.51. The van der Waals surface area contributed by atoms with Gasteiger partial charge in [0.2, 0.25) is 0 Å². The summed E-state index contributed by atoms with van der Waals surface area (Å²) in [7, 11) is 0. The van der Waals surface area contributed by atoms with Gasteiger partial charge in [0.25, 0.3) is 0 Å². The number of benzene rings is 9. The van der Waals surface area contributed by atoms with Crippen molar-refractivity contribution in [2.75, 3.05) is 4.90 Å². The quantitative estimate of drug-likeness (QED) is 0.168. The highest BCUT2D eigenvalue weighted by molar-refractivity contribution is 6.11. The van der Waals surface area contributed by atoms with Crippen LogP contribution in [0.3, 0.4) is 0 Å². The molecule has 0 amide bonds. The molecule has 0 saturated carbocycles. The van der Waals surface area contributed by atoms with E-state index >= 15 is 0 Å². The number of nitrogens with zero attached hydrogens (tertiary/aromatic N) is 2. The van der Waals surface area contributed by atoms with E-state index in [1.165, 1.54) is 55.2 Å². The first kappa shape index (κ1) is 34.4. The van der Waals surface area contributed by atoms with Crippen LogP contribution < -0.4 is 4.90 Å². The van der Waals surface area contributed by atoms with Crippen LogP contribution in [0.5, 0.6) is 0 Å². The Balaban J connectivity index is 1.00. The van der Waals surface area contributed by atoms with E-state index in [1.54, 1.807) is 0 Å². The number of hydrogen-bond acceptors (Lipinski definition) is 2. The Bertz CT molecular complexity index is 3460. The molecule has 0 spiro atoms. The highest BCUT2D eigenvalue weighted by atomic mass is 16.3. The molecule has 0 aliphatic heterocycles. The van der Waals surface area contributed by atoms with Crippen LogP contribution in [-0.4, -0.2) is 4.57 Å². The third-order valence-electron chi connectivity index (χ3n) is 12.8. The van der Waals surface area contributed by atoms with E-state index in [-0.39, 0.29) is 5.41 Å². The molecule has 1 aliphatic carbocycles. The van der Waals surface area contributed by atoms with E-state index < -0.39 is 0 Å². The van der Waals surface area contributed by atoms with Gasteiger partial charge >= 0.3 is 0 Å². The van der Waals surface area contributed by atoms with Gasteiger partial charge in [0.1, 0.15) is 11.2 Å². The van der Waals surface area contributed by atoms with Gasteiger partial charge in [-0.25, -0.2) is 0 Å². The van der Waals surface area contributed by atoms with Crippen molar-refractivity contribution in [2.24, 2.45) is 0 Å². The first-order valence-corrected chi connectivity index (χ1v) is 20.8. The van der Waals surface area contributed by atoms with Crippen LogP contribution in [0.25, 0.3) is 82.8 Å². The summed E-state index contributed by atoms with van der Waals surface area (Å²) in [6.45, 7) is 4.70. The molecule has 2 aromatic heterocycles. The van der Waals surface area contributed by atoms with Crippen molar-refractivity contribution in [2.45, 2.75) is 19.3 Å². The topological polar surface area (TPSA) is 21.3 Å². The first-order valence-electron chi connectivity index (χ1n) is 20.8. The van der Waals surface area contributed by atoms with Crippen LogP contribution >= 0.6 is 0 Å². The van der Waals surface area contributed by atoms with Crippen molar-refractivity contribution in [3.05, 3.63) is 217 Å². The lowest BCUT2D eigenvalue weighted by atomic mass is 9.82. The summed E-state index contributed by atoms with van der Waals surface area (Å²) in [6, 6.07) is 74.9. The van der Waals surface area contributed by atoms with E-state index in [0.29, 0.717) is 0 Å². The molecule has 284 valence electrons. The largest absolute Gasteiger partial charge is 0.456 e. The fourth-order valence-electron chi connectivity index (χ4n) is 9.88. The van der Waals surface area contributed by atoms with Crippen molar-refractivity contribution in [1.29, 1.82) is 0 Å². The normalized spacial score (nSPS) is 13.0. The molecule has 3 heteroatoms. The molecule has 2 heterocycles. The summed E-state index contributed by atoms with van der Waals surface area (Å²) < 4.78 is 8.77. The standard InChI is InChI=1S/C57H40N2O/c1-57(2)50-20-10-6-17-44(50)45-32-30-42(36-51(45)57)58(52-21-11-7-16-43(52)39-26-31-48-47-19-9-13-23-55(47)60-56(48)35-39)41-28-24-37(25-29-41)38-27-33-54-49(34-38)46-18-8-12-22-53(46)59(54)40-14-4-3-5-15-40/h3-36H,1-2H3. The number of anilines is 3. The maximum absolute atomic E-state index is 6.40. The monoisotopic (exact) mass is 768 g/mol. The van der Waals surface area contributed by atoms with Gasteiger partial charge < -0.3 is 13.9 Å². The second kappa shape index (κ2) is 13.2. The van der Waals surface area contributed by atoms with E-state index in [4.69, 9.17) is 4.42 Å². The Morgan fingerprint density at radius 1 is 0.400 bits per heavy atom. The Labute approximate surface area is 349 Å². The lowest BCUT2D eigenvalue weighted by Crippen LogP contribution is -2.16. The molecule has 0 radical (unpaired) electrons. The van der Waals surface area contributed by atoms with Gasteiger partial charge in [0, 0.05) is 49.6 Å². The molecule has 1 aliphatic rings. The van der Waals surface area contributed by atoms with Crippen LogP contribution in [0.2, 0.25) is 0 Å². The number of rotatable bonds is 6.